The van der Waals surface area contributed by atoms with Crippen molar-refractivity contribution in [3.05, 3.63) is 47.3 Å². The first-order valence-corrected chi connectivity index (χ1v) is 7.82. The average Bonchev–Trinajstić information content (AvgIpc) is 3.21. The molecule has 0 spiro atoms. The first-order valence-electron chi connectivity index (χ1n) is 7.82. The summed E-state index contributed by atoms with van der Waals surface area (Å²) in [5, 5.41) is 0. The van der Waals surface area contributed by atoms with Crippen LogP contribution in [0.25, 0.3) is 0 Å². The molecule has 2 rings (SSSR count). The molecule has 0 saturated heterocycles. The second-order valence-corrected chi connectivity index (χ2v) is 6.52. The lowest BCUT2D eigenvalue weighted by atomic mass is 10.0. The van der Waals surface area contributed by atoms with E-state index in [4.69, 9.17) is 18.3 Å². The van der Waals surface area contributed by atoms with Crippen LogP contribution < -0.4 is 0 Å². The van der Waals surface area contributed by atoms with Crippen LogP contribution in [0.5, 0.6) is 0 Å². The zero-order valence-corrected chi connectivity index (χ0v) is 15.1. The highest BCUT2D eigenvalue weighted by Crippen LogP contribution is 2.25. The molecule has 0 aliphatic rings. The van der Waals surface area contributed by atoms with E-state index in [1.807, 2.05) is 25.7 Å². The van der Waals surface area contributed by atoms with Gasteiger partial charge in [-0.15, -0.1) is 0 Å². The van der Waals surface area contributed by atoms with Crippen molar-refractivity contribution >= 4 is 11.9 Å². The summed E-state index contributed by atoms with van der Waals surface area (Å²) in [6, 6.07) is 3.16. The Kier molecular flexibility index (Phi) is 5.69. The predicted molar refractivity (Wildman–Crippen MR) is 89.1 cm³/mol. The van der Waals surface area contributed by atoms with Gasteiger partial charge < -0.3 is 18.3 Å². The molecule has 7 heteroatoms. The summed E-state index contributed by atoms with van der Waals surface area (Å²) in [7, 11) is 2.65. The van der Waals surface area contributed by atoms with Crippen LogP contribution in [0, 0.1) is 0 Å². The summed E-state index contributed by atoms with van der Waals surface area (Å²) >= 11 is 0. The third-order valence-electron chi connectivity index (χ3n) is 3.92. The van der Waals surface area contributed by atoms with Crippen molar-refractivity contribution in [2.45, 2.75) is 39.4 Å². The Labute approximate surface area is 146 Å². The zero-order chi connectivity index (χ0) is 18.6. The molecule has 0 amide bonds. The van der Waals surface area contributed by atoms with Crippen molar-refractivity contribution in [3.8, 4) is 0 Å². The standard InChI is InChI=1S/C18H23NO6/c1-18(2,3)19(10-14-12(6-8-24-14)16(20)22-4)11-15-13(7-9-25-15)17(21)23-5/h6-9H,10-11H2,1-5H3. The van der Waals surface area contributed by atoms with Crippen molar-refractivity contribution in [3.63, 3.8) is 0 Å². The largest absolute Gasteiger partial charge is 0.467 e. The molecule has 0 atom stereocenters. The van der Waals surface area contributed by atoms with Crippen molar-refractivity contribution in [1.29, 1.82) is 0 Å². The fourth-order valence-corrected chi connectivity index (χ4v) is 2.39. The Morgan fingerprint density at radius 1 is 0.920 bits per heavy atom. The van der Waals surface area contributed by atoms with Gasteiger partial charge in [0.2, 0.25) is 0 Å². The fraction of sp³-hybridized carbons (Fsp3) is 0.444. The van der Waals surface area contributed by atoms with Crippen LogP contribution in [-0.2, 0) is 22.6 Å². The smallest absolute Gasteiger partial charge is 0.341 e. The molecule has 7 nitrogen and oxygen atoms in total. The summed E-state index contributed by atoms with van der Waals surface area (Å²) in [4.78, 5) is 25.7. The molecule has 0 unspecified atom stereocenters. The molecule has 0 N–H and O–H groups in total. The predicted octanol–water partition coefficient (Wildman–Crippen LogP) is 3.25. The molecule has 0 bridgehead atoms. The van der Waals surface area contributed by atoms with Crippen molar-refractivity contribution in [1.82, 2.24) is 4.90 Å². The Bertz CT molecular complexity index is 681. The van der Waals surface area contributed by atoms with Crippen molar-refractivity contribution in [2.75, 3.05) is 14.2 Å². The molecule has 0 aliphatic heterocycles. The van der Waals surface area contributed by atoms with Crippen LogP contribution >= 0.6 is 0 Å². The molecule has 2 aromatic rings. The molecule has 2 heterocycles. The van der Waals surface area contributed by atoms with Gasteiger partial charge in [-0.05, 0) is 32.9 Å². The maximum absolute atomic E-state index is 11.8. The summed E-state index contributed by atoms with van der Waals surface area (Å²) < 4.78 is 20.5. The van der Waals surface area contributed by atoms with Gasteiger partial charge in [0.15, 0.2) is 0 Å². The first kappa shape index (κ1) is 18.8. The summed E-state index contributed by atoms with van der Waals surface area (Å²) in [5.41, 5.74) is 0.481. The van der Waals surface area contributed by atoms with Gasteiger partial charge in [0.05, 0.1) is 39.8 Å². The third kappa shape index (κ3) is 4.30. The monoisotopic (exact) mass is 349 g/mol. The van der Waals surface area contributed by atoms with E-state index >= 15 is 0 Å². The van der Waals surface area contributed by atoms with E-state index in [0.29, 0.717) is 35.7 Å². The number of nitrogens with zero attached hydrogens (tertiary/aromatic N) is 1. The maximum Gasteiger partial charge on any atom is 0.341 e. The normalized spacial score (nSPS) is 11.6. The van der Waals surface area contributed by atoms with Gasteiger partial charge in [-0.3, -0.25) is 4.90 Å². The highest BCUT2D eigenvalue weighted by atomic mass is 16.5. The molecular weight excluding hydrogens is 326 g/mol. The number of hydrogen-bond donors (Lipinski definition) is 0. The van der Waals surface area contributed by atoms with Crippen LogP contribution in [0.15, 0.2) is 33.5 Å². The van der Waals surface area contributed by atoms with E-state index in [1.54, 1.807) is 12.1 Å². The molecule has 25 heavy (non-hydrogen) atoms. The number of ether oxygens (including phenoxy) is 2. The van der Waals surface area contributed by atoms with Gasteiger partial charge >= 0.3 is 11.9 Å². The van der Waals surface area contributed by atoms with Crippen LogP contribution in [0.1, 0.15) is 53.0 Å². The average molecular weight is 349 g/mol. The molecule has 0 aromatic carbocycles. The van der Waals surface area contributed by atoms with E-state index in [-0.39, 0.29) is 5.54 Å². The second kappa shape index (κ2) is 7.57. The van der Waals surface area contributed by atoms with Gasteiger partial charge in [0, 0.05) is 5.54 Å². The van der Waals surface area contributed by atoms with E-state index in [0.717, 1.165) is 0 Å². The lowest BCUT2D eigenvalue weighted by molar-refractivity contribution is 0.0587. The molecular formula is C18H23NO6. The molecule has 136 valence electrons. The third-order valence-corrected chi connectivity index (χ3v) is 3.92. The topological polar surface area (TPSA) is 82.1 Å². The number of rotatable bonds is 6. The number of esters is 2. The molecule has 0 radical (unpaired) electrons. The van der Waals surface area contributed by atoms with Crippen LogP contribution in [-0.4, -0.2) is 36.6 Å². The lowest BCUT2D eigenvalue weighted by Crippen LogP contribution is -2.40. The Morgan fingerprint density at radius 3 is 1.64 bits per heavy atom. The van der Waals surface area contributed by atoms with E-state index in [2.05, 4.69) is 0 Å². The number of carbonyl (C=O) groups excluding carboxylic acids is 2. The minimum atomic E-state index is -0.453. The lowest BCUT2D eigenvalue weighted by Gasteiger charge is -2.34. The SMILES string of the molecule is COC(=O)c1ccoc1CN(Cc1occc1C(=O)OC)C(C)(C)C. The highest BCUT2D eigenvalue weighted by Gasteiger charge is 2.28. The Hall–Kier alpha value is -2.54. The van der Waals surface area contributed by atoms with Gasteiger partial charge in [0.1, 0.15) is 22.6 Å². The summed E-state index contributed by atoms with van der Waals surface area (Å²) in [6.45, 7) is 6.77. The number of carbonyl (C=O) groups is 2. The highest BCUT2D eigenvalue weighted by molar-refractivity contribution is 5.90. The van der Waals surface area contributed by atoms with Gasteiger partial charge in [-0.25, -0.2) is 9.59 Å². The van der Waals surface area contributed by atoms with Crippen molar-refractivity contribution in [2.24, 2.45) is 0 Å². The van der Waals surface area contributed by atoms with Gasteiger partial charge in [-0.1, -0.05) is 0 Å². The minimum absolute atomic E-state index is 0.277. The summed E-state index contributed by atoms with van der Waals surface area (Å²) in [5.74, 6) is 0.0811. The number of methoxy groups -OCH3 is 2. The minimum Gasteiger partial charge on any atom is -0.467 e. The van der Waals surface area contributed by atoms with Gasteiger partial charge in [0.25, 0.3) is 0 Å². The number of hydrogen-bond acceptors (Lipinski definition) is 7. The van der Waals surface area contributed by atoms with Crippen LogP contribution in [0.2, 0.25) is 0 Å². The van der Waals surface area contributed by atoms with Gasteiger partial charge in [-0.2, -0.15) is 0 Å². The maximum atomic E-state index is 11.8. The van der Waals surface area contributed by atoms with E-state index < -0.39 is 11.9 Å². The van der Waals surface area contributed by atoms with Crippen LogP contribution in [0.3, 0.4) is 0 Å². The quantitative estimate of drug-likeness (QED) is 0.740. The Balaban J connectivity index is 2.27. The Morgan fingerprint density at radius 2 is 1.32 bits per heavy atom. The molecule has 0 aliphatic carbocycles. The summed E-state index contributed by atoms with van der Waals surface area (Å²) in [6.07, 6.45) is 2.91. The van der Waals surface area contributed by atoms with Crippen molar-refractivity contribution < 1.29 is 27.9 Å². The van der Waals surface area contributed by atoms with E-state index in [1.165, 1.54) is 26.7 Å². The fourth-order valence-electron chi connectivity index (χ4n) is 2.39. The molecule has 0 saturated carbocycles. The second-order valence-electron chi connectivity index (χ2n) is 6.52. The molecule has 0 fully saturated rings. The van der Waals surface area contributed by atoms with E-state index in [9.17, 15) is 9.59 Å². The number of furan rings is 2. The zero-order valence-electron chi connectivity index (χ0n) is 15.1. The van der Waals surface area contributed by atoms with Crippen LogP contribution in [0.4, 0.5) is 0 Å². The first-order chi connectivity index (χ1) is 11.8. The molecule has 2 aromatic heterocycles.